The smallest absolute Gasteiger partial charge is 0.105 e. The van der Waals surface area contributed by atoms with Crippen molar-refractivity contribution < 1.29 is 0 Å². The zero-order valence-electron chi connectivity index (χ0n) is 18.5. The summed E-state index contributed by atoms with van der Waals surface area (Å²) in [6.07, 6.45) is 13.0. The standard InChI is InChI=1S/C26H30N2S3/c1-3-5-7-9-11-17-13-21-19-15-23-24(28-31-27-23)16-20(19)22-14-18(12-10-8-6-4-2)30-26(22)25(21)29-17/h13-16H,3-12H2,1-2H3. The summed E-state index contributed by atoms with van der Waals surface area (Å²) >= 11 is 5.38. The molecule has 0 spiro atoms. The van der Waals surface area contributed by atoms with Crippen molar-refractivity contribution in [3.63, 3.8) is 0 Å². The Hall–Kier alpha value is -1.56. The van der Waals surface area contributed by atoms with Crippen molar-refractivity contribution in [2.75, 3.05) is 0 Å². The molecule has 0 amide bonds. The number of aryl methyl sites for hydroxylation is 2. The van der Waals surface area contributed by atoms with Gasteiger partial charge >= 0.3 is 0 Å². The van der Waals surface area contributed by atoms with Gasteiger partial charge in [0.2, 0.25) is 0 Å². The molecular formula is C26H30N2S3. The van der Waals surface area contributed by atoms with Crippen LogP contribution in [0.5, 0.6) is 0 Å². The minimum Gasteiger partial charge on any atom is -0.173 e. The maximum Gasteiger partial charge on any atom is 0.105 e. The number of unbranched alkanes of at least 4 members (excludes halogenated alkanes) is 6. The van der Waals surface area contributed by atoms with Gasteiger partial charge in [-0.3, -0.25) is 0 Å². The lowest BCUT2D eigenvalue weighted by Gasteiger charge is -2.03. The summed E-state index contributed by atoms with van der Waals surface area (Å²) in [7, 11) is 0. The quantitative estimate of drug-likeness (QED) is 0.191. The highest BCUT2D eigenvalue weighted by molar-refractivity contribution is 7.27. The highest BCUT2D eigenvalue weighted by atomic mass is 32.1. The van der Waals surface area contributed by atoms with E-state index in [1.165, 1.54) is 117 Å². The van der Waals surface area contributed by atoms with E-state index >= 15 is 0 Å². The van der Waals surface area contributed by atoms with Gasteiger partial charge in [0.05, 0.1) is 21.1 Å². The molecule has 162 valence electrons. The van der Waals surface area contributed by atoms with Gasteiger partial charge < -0.3 is 0 Å². The molecule has 0 unspecified atom stereocenters. The Labute approximate surface area is 196 Å². The summed E-state index contributed by atoms with van der Waals surface area (Å²) in [4.78, 5) is 3.07. The van der Waals surface area contributed by atoms with Crippen LogP contribution >= 0.6 is 34.4 Å². The van der Waals surface area contributed by atoms with Gasteiger partial charge in [0.1, 0.15) is 11.0 Å². The van der Waals surface area contributed by atoms with Crippen molar-refractivity contribution in [3.8, 4) is 0 Å². The van der Waals surface area contributed by atoms with Gasteiger partial charge in [-0.2, -0.15) is 8.75 Å². The van der Waals surface area contributed by atoms with E-state index in [1.807, 2.05) is 22.7 Å². The van der Waals surface area contributed by atoms with Gasteiger partial charge in [0.15, 0.2) is 0 Å². The molecule has 5 aromatic rings. The van der Waals surface area contributed by atoms with E-state index in [4.69, 9.17) is 0 Å². The van der Waals surface area contributed by atoms with E-state index in [0.717, 1.165) is 11.0 Å². The monoisotopic (exact) mass is 466 g/mol. The summed E-state index contributed by atoms with van der Waals surface area (Å²) in [6, 6.07) is 9.50. The molecule has 0 saturated carbocycles. The van der Waals surface area contributed by atoms with Crippen LogP contribution in [0, 0.1) is 0 Å². The molecule has 31 heavy (non-hydrogen) atoms. The molecule has 2 nitrogen and oxygen atoms in total. The lowest BCUT2D eigenvalue weighted by Crippen LogP contribution is -1.81. The fourth-order valence-corrected chi connectivity index (χ4v) is 7.69. The Kier molecular flexibility index (Phi) is 6.54. The molecule has 5 heteroatoms. The molecule has 0 fully saturated rings. The lowest BCUT2D eigenvalue weighted by molar-refractivity contribution is 0.670. The van der Waals surface area contributed by atoms with Crippen molar-refractivity contribution in [3.05, 3.63) is 34.0 Å². The summed E-state index contributed by atoms with van der Waals surface area (Å²) in [5, 5.41) is 5.56. The third kappa shape index (κ3) is 4.24. The Morgan fingerprint density at radius 2 is 1.06 bits per heavy atom. The average molecular weight is 467 g/mol. The second-order valence-electron chi connectivity index (χ2n) is 8.68. The Morgan fingerprint density at radius 1 is 0.581 bits per heavy atom. The molecule has 0 aliphatic carbocycles. The van der Waals surface area contributed by atoms with Gasteiger partial charge in [0, 0.05) is 20.5 Å². The minimum atomic E-state index is 1.03. The summed E-state index contributed by atoms with van der Waals surface area (Å²) in [6.45, 7) is 4.57. The van der Waals surface area contributed by atoms with Gasteiger partial charge in [-0.15, -0.1) is 22.7 Å². The molecule has 0 saturated heterocycles. The molecule has 0 aliphatic heterocycles. The predicted molar refractivity (Wildman–Crippen MR) is 141 cm³/mol. The van der Waals surface area contributed by atoms with E-state index in [2.05, 4.69) is 46.9 Å². The van der Waals surface area contributed by atoms with Crippen LogP contribution in [0.15, 0.2) is 24.3 Å². The normalized spacial score (nSPS) is 12.2. The topological polar surface area (TPSA) is 25.8 Å². The van der Waals surface area contributed by atoms with Crippen LogP contribution < -0.4 is 0 Å². The molecule has 0 N–H and O–H groups in total. The van der Waals surface area contributed by atoms with Crippen molar-refractivity contribution in [2.24, 2.45) is 0 Å². The lowest BCUT2D eigenvalue weighted by atomic mass is 10.0. The fourth-order valence-electron chi connectivity index (χ4n) is 4.60. The number of thiophene rings is 2. The Morgan fingerprint density at radius 3 is 1.52 bits per heavy atom. The van der Waals surface area contributed by atoms with E-state index in [1.54, 1.807) is 0 Å². The van der Waals surface area contributed by atoms with Crippen molar-refractivity contribution >= 4 is 76.4 Å². The number of benzene rings is 2. The van der Waals surface area contributed by atoms with Crippen molar-refractivity contribution in [1.29, 1.82) is 0 Å². The van der Waals surface area contributed by atoms with Crippen LogP contribution in [0.2, 0.25) is 0 Å². The van der Waals surface area contributed by atoms with E-state index in [0.29, 0.717) is 0 Å². The first kappa shape index (κ1) is 21.3. The average Bonchev–Trinajstić information content (AvgIpc) is 3.50. The third-order valence-corrected chi connectivity index (χ3v) is 9.41. The molecule has 3 aromatic heterocycles. The first-order valence-electron chi connectivity index (χ1n) is 11.8. The van der Waals surface area contributed by atoms with Gasteiger partial charge in [0.25, 0.3) is 0 Å². The third-order valence-electron chi connectivity index (χ3n) is 6.30. The van der Waals surface area contributed by atoms with Crippen molar-refractivity contribution in [2.45, 2.75) is 78.1 Å². The van der Waals surface area contributed by atoms with Gasteiger partial charge in [-0.25, -0.2) is 0 Å². The number of hydrogen-bond donors (Lipinski definition) is 0. The zero-order valence-corrected chi connectivity index (χ0v) is 20.9. The summed E-state index contributed by atoms with van der Waals surface area (Å²) in [5.41, 5.74) is 2.06. The number of hydrogen-bond acceptors (Lipinski definition) is 5. The van der Waals surface area contributed by atoms with E-state index in [9.17, 15) is 0 Å². The van der Waals surface area contributed by atoms with Crippen LogP contribution in [0.1, 0.15) is 75.0 Å². The van der Waals surface area contributed by atoms with E-state index < -0.39 is 0 Å². The Balaban J connectivity index is 1.62. The van der Waals surface area contributed by atoms with Crippen LogP contribution in [-0.4, -0.2) is 8.75 Å². The number of fused-ring (bicyclic) bond motifs is 7. The molecule has 3 heterocycles. The number of nitrogens with zero attached hydrogens (tertiary/aromatic N) is 2. The maximum atomic E-state index is 4.53. The zero-order chi connectivity index (χ0) is 21.2. The highest BCUT2D eigenvalue weighted by Crippen LogP contribution is 2.44. The van der Waals surface area contributed by atoms with Gasteiger partial charge in [-0.1, -0.05) is 52.4 Å². The minimum absolute atomic E-state index is 1.03. The van der Waals surface area contributed by atoms with Crippen LogP contribution in [0.4, 0.5) is 0 Å². The predicted octanol–water partition coefficient (Wildman–Crippen LogP) is 9.52. The fraction of sp³-hybridized carbons (Fsp3) is 0.462. The molecule has 0 atom stereocenters. The SMILES string of the molecule is CCCCCCc1cc2c3cc4nsnc4cc3c3cc(CCCCCC)sc3c2s1. The van der Waals surface area contributed by atoms with Crippen LogP contribution in [-0.2, 0) is 12.8 Å². The maximum absolute atomic E-state index is 4.53. The summed E-state index contributed by atoms with van der Waals surface area (Å²) in [5.74, 6) is 0. The summed E-state index contributed by atoms with van der Waals surface area (Å²) < 4.78 is 12.0. The van der Waals surface area contributed by atoms with Crippen molar-refractivity contribution in [1.82, 2.24) is 8.75 Å². The van der Waals surface area contributed by atoms with Crippen LogP contribution in [0.3, 0.4) is 0 Å². The molecular weight excluding hydrogens is 437 g/mol. The number of rotatable bonds is 10. The van der Waals surface area contributed by atoms with Crippen LogP contribution in [0.25, 0.3) is 42.0 Å². The molecule has 0 aliphatic rings. The second kappa shape index (κ2) is 9.51. The second-order valence-corrected chi connectivity index (χ2v) is 11.5. The molecule has 0 bridgehead atoms. The van der Waals surface area contributed by atoms with E-state index in [-0.39, 0.29) is 0 Å². The largest absolute Gasteiger partial charge is 0.173 e. The Bertz CT molecular complexity index is 1220. The highest BCUT2D eigenvalue weighted by Gasteiger charge is 2.16. The molecule has 2 aromatic carbocycles. The molecule has 5 rings (SSSR count). The number of aromatic nitrogens is 2. The van der Waals surface area contributed by atoms with Gasteiger partial charge in [-0.05, 0) is 60.7 Å². The first-order valence-corrected chi connectivity index (χ1v) is 14.2. The molecule has 0 radical (unpaired) electrons. The first-order chi connectivity index (χ1) is 15.3.